The maximum absolute atomic E-state index is 10.1. The molecule has 4 heteroatoms. The van der Waals surface area contributed by atoms with E-state index in [0.717, 1.165) is 0 Å². The van der Waals surface area contributed by atoms with E-state index >= 15 is 0 Å². The lowest BCUT2D eigenvalue weighted by Gasteiger charge is -1.84. The molecule has 0 radical (unpaired) electrons. The van der Waals surface area contributed by atoms with E-state index in [1.807, 2.05) is 0 Å². The van der Waals surface area contributed by atoms with Crippen LogP contribution >= 0.6 is 67.8 Å². The van der Waals surface area contributed by atoms with Crippen LogP contribution in [0.2, 0.25) is 0 Å². The molecule has 0 aromatic rings. The predicted octanol–water partition coefficient (Wildman–Crippen LogP) is 2.14. The van der Waals surface area contributed by atoms with Crippen LogP contribution < -0.4 is 0 Å². The van der Waals surface area contributed by atoms with Gasteiger partial charge in [0.2, 0.25) is 3.79 Å². The number of hydrogen-bond donors (Lipinski definition) is 0. The van der Waals surface area contributed by atoms with Crippen LogP contribution in [0.5, 0.6) is 0 Å². The van der Waals surface area contributed by atoms with Crippen molar-refractivity contribution in [3.8, 4) is 0 Å². The molecule has 0 aromatic carbocycles. The molecule has 0 fully saturated rings. The number of rotatable bonds is 1. The second kappa shape index (κ2) is 3.81. The third kappa shape index (κ3) is 4.03. The van der Waals surface area contributed by atoms with E-state index in [2.05, 4.69) is 45.2 Å². The van der Waals surface area contributed by atoms with Crippen molar-refractivity contribution < 1.29 is 4.79 Å². The highest BCUT2D eigenvalue weighted by Crippen LogP contribution is 2.13. The van der Waals surface area contributed by atoms with Gasteiger partial charge in [0.25, 0.3) is 0 Å². The zero-order valence-corrected chi connectivity index (χ0v) is 9.09. The largest absolute Gasteiger partial charge is 0.286 e. The van der Waals surface area contributed by atoms with Crippen molar-refractivity contribution >= 4 is 71.6 Å². The Morgan fingerprint density at radius 1 is 1.50 bits per heavy atom. The fourth-order valence-electron chi connectivity index (χ4n) is 0. The molecule has 36 valence electrons. The number of carbonyl (C=O) groups excluding carboxylic acids is 1. The van der Waals surface area contributed by atoms with Crippen LogP contribution in [-0.2, 0) is 4.79 Å². The van der Waals surface area contributed by atoms with Crippen molar-refractivity contribution in [2.24, 2.45) is 0 Å². The molecule has 0 spiro atoms. The Hall–Kier alpha value is 1.86. The van der Waals surface area contributed by atoms with Gasteiger partial charge in [-0.25, -0.2) is 0 Å². The summed E-state index contributed by atoms with van der Waals surface area (Å²) < 4.78 is 0.342. The summed E-state index contributed by atoms with van der Waals surface area (Å²) in [6.45, 7) is 0. The molecule has 0 aliphatic rings. The second-order valence-corrected chi connectivity index (χ2v) is 6.54. The van der Waals surface area contributed by atoms with Crippen molar-refractivity contribution in [2.45, 2.75) is 1.93 Å². The zero-order chi connectivity index (χ0) is 5.15. The van der Waals surface area contributed by atoms with Gasteiger partial charge >= 0.3 is 0 Å². The highest BCUT2D eigenvalue weighted by Gasteiger charge is 2.02. The third-order valence-electron chi connectivity index (χ3n) is 0.172. The Kier molecular flexibility index (Phi) is 5.00. The first-order valence-corrected chi connectivity index (χ1v) is 4.69. The van der Waals surface area contributed by atoms with Crippen LogP contribution in [0, 0.1) is 0 Å². The van der Waals surface area contributed by atoms with Gasteiger partial charge in [-0.05, 0) is 0 Å². The van der Waals surface area contributed by atoms with Gasteiger partial charge in [-0.1, -0.05) is 45.2 Å². The zero-order valence-electron chi connectivity index (χ0n) is 2.62. The Balaban J connectivity index is 3.26. The van der Waals surface area contributed by atoms with Crippen molar-refractivity contribution in [1.29, 1.82) is 0 Å². The van der Waals surface area contributed by atoms with Gasteiger partial charge in [-0.3, -0.25) is 4.79 Å². The van der Waals surface area contributed by atoms with E-state index in [0.29, 0.717) is 0 Å². The third-order valence-corrected chi connectivity index (χ3v) is 4.31. The van der Waals surface area contributed by atoms with Crippen molar-refractivity contribution in [2.75, 3.05) is 0 Å². The fraction of sp³-hybridized carbons (Fsp3) is 0.500. The summed E-state index contributed by atoms with van der Waals surface area (Å²) in [5.41, 5.74) is 0. The van der Waals surface area contributed by atoms with Gasteiger partial charge in [0.15, 0.2) is 0 Å². The molecule has 0 aliphatic carbocycles. The average Bonchev–Trinajstić information content (AvgIpc) is 1.36. The summed E-state index contributed by atoms with van der Waals surface area (Å²) in [6, 6.07) is 0. The summed E-state index contributed by atoms with van der Waals surface area (Å²) in [7, 11) is 0. The minimum atomic E-state index is 0.140. The molecule has 0 aromatic heterocycles. The van der Waals surface area contributed by atoms with Crippen molar-refractivity contribution in [1.82, 2.24) is 0 Å². The van der Waals surface area contributed by atoms with Gasteiger partial charge in [-0.15, -0.1) is 0 Å². The molecule has 0 amide bonds. The Morgan fingerprint density at radius 2 is 1.67 bits per heavy atom. The lowest BCUT2D eigenvalue weighted by molar-refractivity contribution is -0.107. The normalized spacial score (nSPS) is 9.33. The predicted molar refractivity (Wildman–Crippen MR) is 50.9 cm³/mol. The molecule has 0 aliphatic heterocycles. The molecule has 0 unspecified atom stereocenters. The molecule has 0 heterocycles. The molecule has 0 saturated carbocycles. The Morgan fingerprint density at radius 3 is 1.67 bits per heavy atom. The maximum atomic E-state index is 10.1. The Bertz CT molecular complexity index is 59.8. The molecule has 0 bridgehead atoms. The van der Waals surface area contributed by atoms with Gasteiger partial charge in [0.1, 0.15) is 1.93 Å². The molecular weight excluding hydrogens is 421 g/mol. The van der Waals surface area contributed by atoms with Crippen LogP contribution in [0.4, 0.5) is 0 Å². The Labute approximate surface area is 77.1 Å². The summed E-state index contributed by atoms with van der Waals surface area (Å²) in [6.07, 6.45) is 0. The fourth-order valence-corrected chi connectivity index (χ4v) is 0. The van der Waals surface area contributed by atoms with Crippen LogP contribution in [-0.4, -0.2) is 5.72 Å². The molecule has 0 atom stereocenters. The van der Waals surface area contributed by atoms with Crippen LogP contribution in [0.1, 0.15) is 0 Å². The monoisotopic (exact) mass is 422 g/mol. The maximum Gasteiger partial charge on any atom is 0.214 e. The summed E-state index contributed by atoms with van der Waals surface area (Å²) in [4.78, 5) is 10.1. The smallest absolute Gasteiger partial charge is 0.214 e. The molecule has 0 rings (SSSR count). The number of carbonyl (C=O) groups is 1. The van der Waals surface area contributed by atoms with Crippen LogP contribution in [0.25, 0.3) is 0 Å². The van der Waals surface area contributed by atoms with E-state index < -0.39 is 0 Å². The molecule has 0 N–H and O–H groups in total. The molecule has 0 saturated heterocycles. The summed E-state index contributed by atoms with van der Waals surface area (Å²) in [5, 5.41) is 0. The van der Waals surface area contributed by atoms with Crippen LogP contribution in [0.3, 0.4) is 0 Å². The highest BCUT2D eigenvalue weighted by atomic mass is 127. The highest BCUT2D eigenvalue weighted by molar-refractivity contribution is 14.2. The minimum Gasteiger partial charge on any atom is -0.286 e. The summed E-state index contributed by atoms with van der Waals surface area (Å²) in [5.74, 6) is 0. The van der Waals surface area contributed by atoms with Gasteiger partial charge in [-0.2, -0.15) is 0 Å². The molecule has 6 heavy (non-hydrogen) atoms. The standard InChI is InChI=1S/C2HI3O/c3-1(4)2(5)6/h1H. The topological polar surface area (TPSA) is 17.1 Å². The summed E-state index contributed by atoms with van der Waals surface area (Å²) >= 11 is 5.90. The average molecular weight is 422 g/mol. The number of halogens is 3. The van der Waals surface area contributed by atoms with Crippen molar-refractivity contribution in [3.05, 3.63) is 0 Å². The van der Waals surface area contributed by atoms with Crippen molar-refractivity contribution in [3.63, 3.8) is 0 Å². The van der Waals surface area contributed by atoms with Gasteiger partial charge in [0, 0.05) is 22.6 Å². The lowest BCUT2D eigenvalue weighted by Crippen LogP contribution is -1.92. The first kappa shape index (κ1) is 7.86. The van der Waals surface area contributed by atoms with Crippen LogP contribution in [0.15, 0.2) is 0 Å². The van der Waals surface area contributed by atoms with E-state index in [9.17, 15) is 4.79 Å². The van der Waals surface area contributed by atoms with E-state index in [-0.39, 0.29) is 5.72 Å². The van der Waals surface area contributed by atoms with Gasteiger partial charge in [0.05, 0.1) is 0 Å². The van der Waals surface area contributed by atoms with Gasteiger partial charge < -0.3 is 0 Å². The quantitative estimate of drug-likeness (QED) is 0.360. The first-order chi connectivity index (χ1) is 2.64. The lowest BCUT2D eigenvalue weighted by atomic mass is 10.9. The number of hydrogen-bond acceptors (Lipinski definition) is 1. The van der Waals surface area contributed by atoms with E-state index in [1.54, 1.807) is 22.6 Å². The van der Waals surface area contributed by atoms with E-state index in [4.69, 9.17) is 0 Å². The number of alkyl halides is 2. The second-order valence-electron chi connectivity index (χ2n) is 0.605. The first-order valence-electron chi connectivity index (χ1n) is 1.12. The SMILES string of the molecule is O=C(I)C(I)I. The van der Waals surface area contributed by atoms with E-state index in [1.165, 1.54) is 0 Å². The molecule has 1 nitrogen and oxygen atoms in total. The molecular formula is C2HI3O. The minimum absolute atomic E-state index is 0.140.